The summed E-state index contributed by atoms with van der Waals surface area (Å²) in [5, 5.41) is 7.75. The summed E-state index contributed by atoms with van der Waals surface area (Å²) in [6.07, 6.45) is 2.69. The Morgan fingerprint density at radius 1 is 1.32 bits per heavy atom. The summed E-state index contributed by atoms with van der Waals surface area (Å²) in [6.45, 7) is 10.3. The van der Waals surface area contributed by atoms with Gasteiger partial charge in [0.2, 0.25) is 0 Å². The van der Waals surface area contributed by atoms with Crippen molar-refractivity contribution in [3.05, 3.63) is 0 Å². The molecule has 2 rings (SSSR count). The normalized spacial score (nSPS) is 25.5. The van der Waals surface area contributed by atoms with E-state index in [0.29, 0.717) is 12.0 Å². The van der Waals surface area contributed by atoms with Gasteiger partial charge in [0.05, 0.1) is 13.2 Å². The number of hydrogen-bond donors (Lipinski definition) is 2. The van der Waals surface area contributed by atoms with Crippen LogP contribution in [0.5, 0.6) is 0 Å². The zero-order valence-corrected chi connectivity index (χ0v) is 15.1. The van der Waals surface area contributed by atoms with Crippen LogP contribution in [0.25, 0.3) is 0 Å². The molecule has 0 aromatic heterocycles. The lowest BCUT2D eigenvalue weighted by Gasteiger charge is -2.37. The van der Waals surface area contributed by atoms with Crippen LogP contribution in [0.1, 0.15) is 26.7 Å². The lowest BCUT2D eigenvalue weighted by molar-refractivity contribution is 0.00752. The molecule has 128 valence electrons. The molecule has 2 heterocycles. The number of nitrogens with zero attached hydrogens (tertiary/aromatic N) is 2. The van der Waals surface area contributed by atoms with E-state index in [1.54, 1.807) is 0 Å². The molecule has 2 atom stereocenters. The molecule has 2 unspecified atom stereocenters. The lowest BCUT2D eigenvalue weighted by atomic mass is 10.0. The number of hydrogen-bond acceptors (Lipinski definition) is 4. The van der Waals surface area contributed by atoms with E-state index in [0.717, 1.165) is 50.6 Å². The van der Waals surface area contributed by atoms with Gasteiger partial charge in [0.1, 0.15) is 0 Å². The van der Waals surface area contributed by atoms with E-state index in [9.17, 15) is 0 Å². The van der Waals surface area contributed by atoms with Crippen LogP contribution in [0.2, 0.25) is 0 Å². The lowest BCUT2D eigenvalue weighted by Crippen LogP contribution is -2.53. The van der Waals surface area contributed by atoms with Gasteiger partial charge >= 0.3 is 0 Å². The first-order valence-electron chi connectivity index (χ1n) is 8.58. The largest absolute Gasteiger partial charge is 0.379 e. The molecular formula is C16H32N4OS. The van der Waals surface area contributed by atoms with Crippen LogP contribution in [0.4, 0.5) is 0 Å². The Bertz CT molecular complexity index is 339. The van der Waals surface area contributed by atoms with Gasteiger partial charge in [-0.1, -0.05) is 13.8 Å². The number of nitrogens with one attached hydrogen (secondary N) is 2. The van der Waals surface area contributed by atoms with Gasteiger partial charge < -0.3 is 15.4 Å². The van der Waals surface area contributed by atoms with Crippen molar-refractivity contribution in [1.29, 1.82) is 0 Å². The van der Waals surface area contributed by atoms with E-state index in [4.69, 9.17) is 4.74 Å². The van der Waals surface area contributed by atoms with Crippen molar-refractivity contribution in [2.75, 3.05) is 52.2 Å². The van der Waals surface area contributed by atoms with Crippen LogP contribution in [0.15, 0.2) is 4.99 Å². The maximum absolute atomic E-state index is 5.47. The Morgan fingerprint density at radius 3 is 2.68 bits per heavy atom. The third kappa shape index (κ3) is 5.63. The van der Waals surface area contributed by atoms with Gasteiger partial charge in [0.15, 0.2) is 5.96 Å². The van der Waals surface area contributed by atoms with Crippen molar-refractivity contribution in [2.24, 2.45) is 10.9 Å². The molecule has 0 aliphatic carbocycles. The van der Waals surface area contributed by atoms with Crippen molar-refractivity contribution in [3.63, 3.8) is 0 Å². The van der Waals surface area contributed by atoms with Crippen molar-refractivity contribution < 1.29 is 4.74 Å². The van der Waals surface area contributed by atoms with E-state index in [-0.39, 0.29) is 0 Å². The number of thioether (sulfide) groups is 1. The fourth-order valence-corrected chi connectivity index (χ4v) is 4.33. The van der Waals surface area contributed by atoms with Crippen LogP contribution < -0.4 is 10.6 Å². The SMILES string of the molecule is CN=C(NCC1CCCS1)NCC(C(C)C)N1CCOCC1. The summed E-state index contributed by atoms with van der Waals surface area (Å²) in [6, 6.07) is 0.531. The van der Waals surface area contributed by atoms with Gasteiger partial charge in [-0.2, -0.15) is 11.8 Å². The molecular weight excluding hydrogens is 296 g/mol. The summed E-state index contributed by atoms with van der Waals surface area (Å²) in [5.41, 5.74) is 0. The summed E-state index contributed by atoms with van der Waals surface area (Å²) >= 11 is 2.08. The average molecular weight is 329 g/mol. The van der Waals surface area contributed by atoms with Crippen LogP contribution in [-0.2, 0) is 4.74 Å². The minimum Gasteiger partial charge on any atom is -0.379 e. The molecule has 2 N–H and O–H groups in total. The van der Waals surface area contributed by atoms with Gasteiger partial charge in [-0.05, 0) is 24.5 Å². The summed E-state index contributed by atoms with van der Waals surface area (Å²) < 4.78 is 5.47. The summed E-state index contributed by atoms with van der Waals surface area (Å²) in [4.78, 5) is 6.91. The molecule has 0 aromatic carbocycles. The van der Waals surface area contributed by atoms with Gasteiger partial charge in [0, 0.05) is 44.5 Å². The Kier molecular flexibility index (Phi) is 7.83. The minimum atomic E-state index is 0.531. The van der Waals surface area contributed by atoms with Crippen molar-refractivity contribution in [2.45, 2.75) is 38.0 Å². The zero-order chi connectivity index (χ0) is 15.8. The number of rotatable bonds is 6. The van der Waals surface area contributed by atoms with E-state index >= 15 is 0 Å². The minimum absolute atomic E-state index is 0.531. The van der Waals surface area contributed by atoms with E-state index < -0.39 is 0 Å². The van der Waals surface area contributed by atoms with Crippen LogP contribution in [0.3, 0.4) is 0 Å². The van der Waals surface area contributed by atoms with E-state index in [2.05, 4.69) is 46.1 Å². The second kappa shape index (κ2) is 9.63. The highest BCUT2D eigenvalue weighted by atomic mass is 32.2. The van der Waals surface area contributed by atoms with Gasteiger partial charge in [-0.3, -0.25) is 9.89 Å². The first kappa shape index (κ1) is 17.9. The monoisotopic (exact) mass is 328 g/mol. The third-order valence-corrected chi connectivity index (χ3v) is 5.91. The Morgan fingerprint density at radius 2 is 2.09 bits per heavy atom. The molecule has 0 amide bonds. The maximum Gasteiger partial charge on any atom is 0.191 e. The standard InChI is InChI=1S/C16H32N4OS/c1-13(2)15(20-6-8-21-9-7-20)12-19-16(17-3)18-11-14-5-4-10-22-14/h13-15H,4-12H2,1-3H3,(H2,17,18,19). The number of aliphatic imine (C=N–C) groups is 1. The van der Waals surface area contributed by atoms with E-state index in [1.165, 1.54) is 18.6 Å². The van der Waals surface area contributed by atoms with Crippen molar-refractivity contribution in [3.8, 4) is 0 Å². The zero-order valence-electron chi connectivity index (χ0n) is 14.3. The van der Waals surface area contributed by atoms with Gasteiger partial charge in [-0.15, -0.1) is 0 Å². The smallest absolute Gasteiger partial charge is 0.191 e. The number of guanidine groups is 1. The van der Waals surface area contributed by atoms with Gasteiger partial charge in [-0.25, -0.2) is 0 Å². The topological polar surface area (TPSA) is 48.9 Å². The fourth-order valence-electron chi connectivity index (χ4n) is 3.13. The Labute approximate surface area is 139 Å². The summed E-state index contributed by atoms with van der Waals surface area (Å²) in [7, 11) is 1.86. The maximum atomic E-state index is 5.47. The molecule has 0 bridgehead atoms. The average Bonchev–Trinajstić information content (AvgIpc) is 3.04. The van der Waals surface area contributed by atoms with Crippen LogP contribution in [-0.4, -0.2) is 74.3 Å². The third-order valence-electron chi connectivity index (χ3n) is 4.51. The number of morpholine rings is 1. The van der Waals surface area contributed by atoms with Gasteiger partial charge in [0.25, 0.3) is 0 Å². The van der Waals surface area contributed by atoms with E-state index in [1.807, 2.05) is 7.05 Å². The molecule has 6 heteroatoms. The Hall–Kier alpha value is -0.460. The predicted octanol–water partition coefficient (Wildman–Crippen LogP) is 1.40. The highest BCUT2D eigenvalue weighted by molar-refractivity contribution is 8.00. The molecule has 0 aromatic rings. The highest BCUT2D eigenvalue weighted by Crippen LogP contribution is 2.25. The van der Waals surface area contributed by atoms with Crippen molar-refractivity contribution >= 4 is 17.7 Å². The second-order valence-electron chi connectivity index (χ2n) is 6.43. The quantitative estimate of drug-likeness (QED) is 0.570. The molecule has 0 saturated carbocycles. The van der Waals surface area contributed by atoms with Crippen LogP contribution >= 0.6 is 11.8 Å². The van der Waals surface area contributed by atoms with Crippen molar-refractivity contribution in [1.82, 2.24) is 15.5 Å². The molecule has 2 saturated heterocycles. The van der Waals surface area contributed by atoms with Crippen LogP contribution in [0, 0.1) is 5.92 Å². The molecule has 2 aliphatic heterocycles. The second-order valence-corrected chi connectivity index (χ2v) is 7.84. The molecule has 0 radical (unpaired) electrons. The molecule has 5 nitrogen and oxygen atoms in total. The first-order valence-corrected chi connectivity index (χ1v) is 9.63. The summed E-state index contributed by atoms with van der Waals surface area (Å²) in [5.74, 6) is 2.87. The molecule has 0 spiro atoms. The fraction of sp³-hybridized carbons (Fsp3) is 0.938. The highest BCUT2D eigenvalue weighted by Gasteiger charge is 2.24. The predicted molar refractivity (Wildman–Crippen MR) is 95.9 cm³/mol. The molecule has 22 heavy (non-hydrogen) atoms. The first-order chi connectivity index (χ1) is 10.7. The molecule has 2 aliphatic rings. The Balaban J connectivity index is 1.76. The molecule has 2 fully saturated rings. The number of ether oxygens (including phenoxy) is 1.